The second kappa shape index (κ2) is 9.60. The number of nitrogens with zero attached hydrogens (tertiary/aromatic N) is 2. The van der Waals surface area contributed by atoms with E-state index in [9.17, 15) is 22.8 Å². The highest BCUT2D eigenvalue weighted by Crippen LogP contribution is 2.49. The number of halogens is 3. The van der Waals surface area contributed by atoms with Gasteiger partial charge in [0.25, 0.3) is 0 Å². The van der Waals surface area contributed by atoms with Gasteiger partial charge in [0.05, 0.1) is 40.8 Å². The third-order valence-electron chi connectivity index (χ3n) is 6.29. The van der Waals surface area contributed by atoms with E-state index in [0.717, 1.165) is 6.07 Å². The van der Waals surface area contributed by atoms with Gasteiger partial charge in [0.1, 0.15) is 5.82 Å². The Morgan fingerprint density at radius 2 is 1.81 bits per heavy atom. The van der Waals surface area contributed by atoms with Gasteiger partial charge >= 0.3 is 6.18 Å². The number of ketones is 1. The van der Waals surface area contributed by atoms with Gasteiger partial charge in [-0.3, -0.25) is 14.6 Å². The first-order valence-electron chi connectivity index (χ1n) is 11.4. The van der Waals surface area contributed by atoms with Crippen molar-refractivity contribution in [2.75, 3.05) is 11.1 Å². The molecule has 1 aliphatic carbocycles. The molecule has 0 aliphatic heterocycles. The number of benzene rings is 1. The van der Waals surface area contributed by atoms with Crippen LogP contribution in [0.2, 0.25) is 0 Å². The van der Waals surface area contributed by atoms with Crippen molar-refractivity contribution in [3.8, 4) is 0 Å². The Labute approximate surface area is 206 Å². The topological polar surface area (TPSA) is 110 Å². The number of carbonyl (C=O) groups excluding carboxylic acids is 2. The van der Waals surface area contributed by atoms with Crippen molar-refractivity contribution in [3.05, 3.63) is 76.7 Å². The Morgan fingerprint density at radius 1 is 1.06 bits per heavy atom. The number of rotatable bonds is 8. The number of pyridine rings is 2. The Bertz CT molecular complexity index is 1300. The molecule has 1 amide bonds. The van der Waals surface area contributed by atoms with E-state index in [4.69, 9.17) is 5.73 Å². The molecule has 0 bridgehead atoms. The van der Waals surface area contributed by atoms with Crippen molar-refractivity contribution < 1.29 is 22.8 Å². The van der Waals surface area contributed by atoms with Crippen LogP contribution in [0.25, 0.3) is 0 Å². The monoisotopic (exact) mass is 497 g/mol. The average Bonchev–Trinajstić information content (AvgIpc) is 3.61. The molecule has 4 rings (SSSR count). The lowest BCUT2D eigenvalue weighted by Crippen LogP contribution is -2.33. The maximum absolute atomic E-state index is 13.4. The molecular formula is C26H26F3N5O2. The van der Waals surface area contributed by atoms with E-state index in [0.29, 0.717) is 46.7 Å². The van der Waals surface area contributed by atoms with Crippen LogP contribution in [0, 0.1) is 19.3 Å². The molecule has 0 spiro atoms. The summed E-state index contributed by atoms with van der Waals surface area (Å²) in [6.07, 6.45) is -0.352. The number of nitrogens with two attached hydrogens (primary N) is 1. The standard InChI is InChI=1S/C26H26F3N5O2/c1-15-3-6-21(20(9-15)26(27,28)29)34-19-5-4-18(31-14-19)13-33-24(36)25(7-8-25)11-22(35)17-10-16(2)23(30)32-12-17/h3-6,9-10,12,14,34H,7-8,11,13H2,1-2H3,(H2,30,32)(H,33,36). The van der Waals surface area contributed by atoms with E-state index >= 15 is 0 Å². The van der Waals surface area contributed by atoms with Crippen LogP contribution >= 0.6 is 0 Å². The maximum Gasteiger partial charge on any atom is 0.418 e. The van der Waals surface area contributed by atoms with E-state index in [1.807, 2.05) is 0 Å². The molecule has 1 aromatic carbocycles. The molecule has 10 heteroatoms. The van der Waals surface area contributed by atoms with Gasteiger partial charge in [-0.2, -0.15) is 13.2 Å². The fourth-order valence-corrected chi connectivity index (χ4v) is 3.90. The minimum Gasteiger partial charge on any atom is -0.383 e. The van der Waals surface area contributed by atoms with Crippen molar-refractivity contribution in [1.29, 1.82) is 0 Å². The van der Waals surface area contributed by atoms with E-state index in [2.05, 4.69) is 20.6 Å². The zero-order chi connectivity index (χ0) is 26.1. The van der Waals surface area contributed by atoms with Crippen molar-refractivity contribution in [1.82, 2.24) is 15.3 Å². The second-order valence-electron chi connectivity index (χ2n) is 9.20. The van der Waals surface area contributed by atoms with Gasteiger partial charge in [-0.1, -0.05) is 11.6 Å². The summed E-state index contributed by atoms with van der Waals surface area (Å²) in [6.45, 7) is 3.50. The number of hydrogen-bond acceptors (Lipinski definition) is 6. The molecule has 1 aliphatic rings. The van der Waals surface area contributed by atoms with E-state index < -0.39 is 17.2 Å². The van der Waals surface area contributed by atoms with Crippen molar-refractivity contribution in [2.45, 2.75) is 45.8 Å². The lowest BCUT2D eigenvalue weighted by Gasteiger charge is -2.16. The van der Waals surface area contributed by atoms with Crippen molar-refractivity contribution in [2.24, 2.45) is 5.41 Å². The number of anilines is 3. The third-order valence-corrected chi connectivity index (χ3v) is 6.29. The number of aryl methyl sites for hydroxylation is 2. The van der Waals surface area contributed by atoms with Crippen molar-refractivity contribution >= 4 is 28.9 Å². The summed E-state index contributed by atoms with van der Waals surface area (Å²) in [4.78, 5) is 33.7. The Balaban J connectivity index is 1.35. The highest BCUT2D eigenvalue weighted by molar-refractivity contribution is 6.00. The third kappa shape index (κ3) is 5.64. The first-order valence-corrected chi connectivity index (χ1v) is 11.4. The van der Waals surface area contributed by atoms with Crippen LogP contribution in [0.5, 0.6) is 0 Å². The number of nitrogen functional groups attached to an aromatic ring is 1. The highest BCUT2D eigenvalue weighted by Gasteiger charge is 2.51. The summed E-state index contributed by atoms with van der Waals surface area (Å²) in [5.41, 5.74) is 6.70. The fourth-order valence-electron chi connectivity index (χ4n) is 3.90. The van der Waals surface area contributed by atoms with Crippen LogP contribution in [-0.2, 0) is 17.5 Å². The predicted molar refractivity (Wildman–Crippen MR) is 130 cm³/mol. The number of carbonyl (C=O) groups is 2. The minimum atomic E-state index is -4.49. The molecule has 4 N–H and O–H groups in total. The molecule has 1 saturated carbocycles. The highest BCUT2D eigenvalue weighted by atomic mass is 19.4. The summed E-state index contributed by atoms with van der Waals surface area (Å²) in [5, 5.41) is 5.58. The molecule has 7 nitrogen and oxygen atoms in total. The normalized spacial score (nSPS) is 14.2. The predicted octanol–water partition coefficient (Wildman–Crippen LogP) is 5.11. The van der Waals surface area contributed by atoms with Crippen LogP contribution in [-0.4, -0.2) is 21.7 Å². The Hall–Kier alpha value is -3.95. The summed E-state index contributed by atoms with van der Waals surface area (Å²) in [5.74, 6) is -0.0330. The molecule has 0 saturated heterocycles. The quantitative estimate of drug-likeness (QED) is 0.373. The fraction of sp³-hybridized carbons (Fsp3) is 0.308. The molecule has 1 fully saturated rings. The first kappa shape index (κ1) is 25.2. The Morgan fingerprint density at radius 3 is 2.42 bits per heavy atom. The molecule has 0 radical (unpaired) electrons. The minimum absolute atomic E-state index is 0.0669. The molecule has 36 heavy (non-hydrogen) atoms. The van der Waals surface area contributed by atoms with Crippen LogP contribution < -0.4 is 16.4 Å². The van der Waals surface area contributed by atoms with E-state index in [-0.39, 0.29) is 30.3 Å². The number of alkyl halides is 3. The summed E-state index contributed by atoms with van der Waals surface area (Å²) >= 11 is 0. The van der Waals surface area contributed by atoms with Crippen LogP contribution in [0.4, 0.5) is 30.4 Å². The molecule has 2 heterocycles. The van der Waals surface area contributed by atoms with E-state index in [1.165, 1.54) is 18.5 Å². The Kier molecular flexibility index (Phi) is 6.71. The zero-order valence-electron chi connectivity index (χ0n) is 19.9. The SMILES string of the molecule is Cc1ccc(Nc2ccc(CNC(=O)C3(CC(=O)c4cnc(N)c(C)c4)CC3)nc2)c(C(F)(F)F)c1. The molecule has 0 unspecified atom stereocenters. The zero-order valence-corrected chi connectivity index (χ0v) is 19.9. The second-order valence-corrected chi connectivity index (χ2v) is 9.20. The largest absolute Gasteiger partial charge is 0.418 e. The number of aromatic nitrogens is 2. The molecule has 2 aromatic heterocycles. The van der Waals surface area contributed by atoms with Gasteiger partial charge < -0.3 is 16.4 Å². The molecule has 3 aromatic rings. The lowest BCUT2D eigenvalue weighted by molar-refractivity contribution is -0.137. The van der Waals surface area contributed by atoms with Gasteiger partial charge in [-0.25, -0.2) is 4.98 Å². The van der Waals surface area contributed by atoms with Crippen molar-refractivity contribution in [3.63, 3.8) is 0 Å². The van der Waals surface area contributed by atoms with E-state index in [1.54, 1.807) is 38.1 Å². The van der Waals surface area contributed by atoms with Crippen LogP contribution in [0.3, 0.4) is 0 Å². The van der Waals surface area contributed by atoms with Gasteiger partial charge in [0.2, 0.25) is 5.91 Å². The lowest BCUT2D eigenvalue weighted by atomic mass is 9.95. The first-order chi connectivity index (χ1) is 17.0. The molecular weight excluding hydrogens is 471 g/mol. The van der Waals surface area contributed by atoms with Gasteiger partial charge in [0, 0.05) is 18.2 Å². The number of amides is 1. The van der Waals surface area contributed by atoms with Gasteiger partial charge in [-0.15, -0.1) is 0 Å². The smallest absolute Gasteiger partial charge is 0.383 e. The van der Waals surface area contributed by atoms with Gasteiger partial charge in [-0.05, 0) is 62.6 Å². The molecule has 0 atom stereocenters. The molecule has 188 valence electrons. The summed E-state index contributed by atoms with van der Waals surface area (Å²) in [6, 6.07) is 8.96. The van der Waals surface area contributed by atoms with Crippen LogP contribution in [0.15, 0.2) is 48.8 Å². The van der Waals surface area contributed by atoms with Gasteiger partial charge in [0.15, 0.2) is 5.78 Å². The number of nitrogens with one attached hydrogen (secondary N) is 2. The van der Waals surface area contributed by atoms with Crippen LogP contribution in [0.1, 0.15) is 52.0 Å². The maximum atomic E-state index is 13.4. The number of Topliss-reactive ketones (excluding diaryl/α,β-unsaturated/α-hetero) is 1. The average molecular weight is 498 g/mol. The summed E-state index contributed by atoms with van der Waals surface area (Å²) < 4.78 is 40.1. The number of hydrogen-bond donors (Lipinski definition) is 3. The summed E-state index contributed by atoms with van der Waals surface area (Å²) in [7, 11) is 0.